The zero-order chi connectivity index (χ0) is 14.0. The van der Waals surface area contributed by atoms with Crippen LogP contribution in [0.15, 0.2) is 18.3 Å². The van der Waals surface area contributed by atoms with E-state index in [1.54, 1.807) is 4.90 Å². The minimum atomic E-state index is -4.49. The highest BCUT2D eigenvalue weighted by molar-refractivity contribution is 5.94. The van der Waals surface area contributed by atoms with E-state index in [2.05, 4.69) is 4.98 Å². The van der Waals surface area contributed by atoms with Crippen LogP contribution in [0.3, 0.4) is 0 Å². The molecule has 0 aromatic carbocycles. The van der Waals surface area contributed by atoms with Gasteiger partial charge >= 0.3 is 6.18 Å². The lowest BCUT2D eigenvalue weighted by Crippen LogP contribution is -2.45. The van der Waals surface area contributed by atoms with Crippen LogP contribution in [0.1, 0.15) is 28.9 Å². The smallest absolute Gasteiger partial charge is 0.337 e. The minimum absolute atomic E-state index is 0.0693. The molecule has 0 saturated carbocycles. The lowest BCUT2D eigenvalue weighted by atomic mass is 10.1. The second-order valence-electron chi connectivity index (χ2n) is 4.58. The number of alkyl halides is 3. The van der Waals surface area contributed by atoms with E-state index in [1.165, 1.54) is 0 Å². The Balaban J connectivity index is 2.11. The molecule has 1 aromatic rings. The average molecular weight is 273 g/mol. The fourth-order valence-corrected chi connectivity index (χ4v) is 2.07. The molecule has 1 amide bonds. The molecule has 0 radical (unpaired) electrons. The number of piperidine rings is 1. The Hall–Kier alpha value is -1.63. The molecular weight excluding hydrogens is 259 g/mol. The summed E-state index contributed by atoms with van der Waals surface area (Å²) in [5, 5.41) is 0. The summed E-state index contributed by atoms with van der Waals surface area (Å²) in [6.07, 6.45) is -1.86. The lowest BCUT2D eigenvalue weighted by Gasteiger charge is -2.30. The summed E-state index contributed by atoms with van der Waals surface area (Å²) < 4.78 is 37.1. The van der Waals surface area contributed by atoms with Crippen molar-refractivity contribution >= 4 is 5.91 Å². The Kier molecular flexibility index (Phi) is 3.75. The van der Waals surface area contributed by atoms with E-state index in [4.69, 9.17) is 5.73 Å². The summed E-state index contributed by atoms with van der Waals surface area (Å²) in [5.41, 5.74) is 4.92. The van der Waals surface area contributed by atoms with Crippen molar-refractivity contribution < 1.29 is 18.0 Å². The molecule has 0 spiro atoms. The number of amides is 1. The number of nitrogens with zero attached hydrogens (tertiary/aromatic N) is 2. The highest BCUT2D eigenvalue weighted by atomic mass is 19.4. The van der Waals surface area contributed by atoms with Gasteiger partial charge in [-0.3, -0.25) is 9.78 Å². The van der Waals surface area contributed by atoms with Crippen molar-refractivity contribution in [2.24, 2.45) is 5.73 Å². The minimum Gasteiger partial charge on any atom is -0.337 e. The Morgan fingerprint density at radius 2 is 2.16 bits per heavy atom. The molecule has 1 aliphatic rings. The zero-order valence-electron chi connectivity index (χ0n) is 10.2. The van der Waals surface area contributed by atoms with Crippen molar-refractivity contribution in [3.05, 3.63) is 29.6 Å². The molecule has 0 aliphatic carbocycles. The number of aromatic nitrogens is 1. The third kappa shape index (κ3) is 3.23. The monoisotopic (exact) mass is 273 g/mol. The van der Waals surface area contributed by atoms with Crippen molar-refractivity contribution in [2.75, 3.05) is 13.1 Å². The van der Waals surface area contributed by atoms with E-state index >= 15 is 0 Å². The number of pyridine rings is 1. The molecule has 1 aliphatic heterocycles. The van der Waals surface area contributed by atoms with Gasteiger partial charge in [-0.1, -0.05) is 0 Å². The molecule has 4 nitrogen and oxygen atoms in total. The number of halogens is 3. The van der Waals surface area contributed by atoms with Crippen LogP contribution in [0.2, 0.25) is 0 Å². The quantitative estimate of drug-likeness (QED) is 0.846. The normalized spacial score (nSPS) is 20.4. The number of hydrogen-bond acceptors (Lipinski definition) is 3. The molecule has 2 N–H and O–H groups in total. The van der Waals surface area contributed by atoms with Crippen LogP contribution >= 0.6 is 0 Å². The fourth-order valence-electron chi connectivity index (χ4n) is 2.07. The average Bonchev–Trinajstić information content (AvgIpc) is 2.37. The highest BCUT2D eigenvalue weighted by Gasteiger charge is 2.32. The van der Waals surface area contributed by atoms with Crippen molar-refractivity contribution in [1.29, 1.82) is 0 Å². The molecule has 2 heterocycles. The van der Waals surface area contributed by atoms with Gasteiger partial charge in [-0.05, 0) is 25.0 Å². The lowest BCUT2D eigenvalue weighted by molar-refractivity contribution is -0.141. The standard InChI is InChI=1S/C12H14F3N3O/c13-12(14,15)10-4-3-8(6-17-10)11(19)18-5-1-2-9(16)7-18/h3-4,6,9H,1-2,5,7,16H2/t9-/m1/s1. The van der Waals surface area contributed by atoms with Crippen LogP contribution < -0.4 is 5.73 Å². The summed E-state index contributed by atoms with van der Waals surface area (Å²) in [6.45, 7) is 1.01. The first-order valence-corrected chi connectivity index (χ1v) is 5.96. The Morgan fingerprint density at radius 3 is 2.68 bits per heavy atom. The van der Waals surface area contributed by atoms with Gasteiger partial charge in [0.1, 0.15) is 5.69 Å². The Labute approximate surface area is 108 Å². The number of nitrogens with two attached hydrogens (primary N) is 1. The summed E-state index contributed by atoms with van der Waals surface area (Å²) in [7, 11) is 0. The van der Waals surface area contributed by atoms with Crippen molar-refractivity contribution in [3.8, 4) is 0 Å². The van der Waals surface area contributed by atoms with Crippen molar-refractivity contribution in [2.45, 2.75) is 25.1 Å². The molecule has 0 bridgehead atoms. The topological polar surface area (TPSA) is 59.2 Å². The second kappa shape index (κ2) is 5.16. The van der Waals surface area contributed by atoms with E-state index in [0.29, 0.717) is 13.1 Å². The summed E-state index contributed by atoms with van der Waals surface area (Å²) in [6, 6.07) is 1.90. The van der Waals surface area contributed by atoms with Crippen LogP contribution in [0.25, 0.3) is 0 Å². The maximum Gasteiger partial charge on any atom is 0.433 e. The first-order valence-electron chi connectivity index (χ1n) is 5.96. The van der Waals surface area contributed by atoms with Crippen molar-refractivity contribution in [3.63, 3.8) is 0 Å². The van der Waals surface area contributed by atoms with E-state index < -0.39 is 11.9 Å². The largest absolute Gasteiger partial charge is 0.433 e. The zero-order valence-corrected chi connectivity index (χ0v) is 10.2. The van der Waals surface area contributed by atoms with Crippen LogP contribution in [0.5, 0.6) is 0 Å². The van der Waals surface area contributed by atoms with Gasteiger partial charge in [0.2, 0.25) is 0 Å². The summed E-state index contributed by atoms with van der Waals surface area (Å²) in [4.78, 5) is 16.9. The predicted octanol–water partition coefficient (Wildman–Crippen LogP) is 1.66. The SMILES string of the molecule is N[C@@H]1CCCN(C(=O)c2ccc(C(F)(F)F)nc2)C1. The molecule has 0 unspecified atom stereocenters. The van der Waals surface area contributed by atoms with Gasteiger partial charge in [0.25, 0.3) is 5.91 Å². The van der Waals surface area contributed by atoms with Crippen LogP contribution in [0.4, 0.5) is 13.2 Å². The number of carbonyl (C=O) groups excluding carboxylic acids is 1. The van der Waals surface area contributed by atoms with E-state index in [0.717, 1.165) is 31.2 Å². The Morgan fingerprint density at radius 1 is 1.42 bits per heavy atom. The molecular formula is C12H14F3N3O. The van der Waals surface area contributed by atoms with Gasteiger partial charge < -0.3 is 10.6 Å². The van der Waals surface area contributed by atoms with E-state index in [1.807, 2.05) is 0 Å². The first-order chi connectivity index (χ1) is 8.88. The molecule has 7 heteroatoms. The van der Waals surface area contributed by atoms with Crippen LogP contribution in [0, 0.1) is 0 Å². The van der Waals surface area contributed by atoms with Crippen LogP contribution in [-0.4, -0.2) is 34.9 Å². The fraction of sp³-hybridized carbons (Fsp3) is 0.500. The third-order valence-corrected chi connectivity index (χ3v) is 3.05. The van der Waals surface area contributed by atoms with E-state index in [9.17, 15) is 18.0 Å². The molecule has 1 atom stereocenters. The number of rotatable bonds is 1. The molecule has 19 heavy (non-hydrogen) atoms. The maximum atomic E-state index is 12.4. The first kappa shape index (κ1) is 13.8. The summed E-state index contributed by atoms with van der Waals surface area (Å²) >= 11 is 0. The van der Waals surface area contributed by atoms with Gasteiger partial charge in [-0.25, -0.2) is 0 Å². The molecule has 1 fully saturated rings. The number of carbonyl (C=O) groups is 1. The predicted molar refractivity (Wildman–Crippen MR) is 62.4 cm³/mol. The van der Waals surface area contributed by atoms with Crippen molar-refractivity contribution in [1.82, 2.24) is 9.88 Å². The van der Waals surface area contributed by atoms with E-state index in [-0.39, 0.29) is 17.5 Å². The maximum absolute atomic E-state index is 12.4. The highest BCUT2D eigenvalue weighted by Crippen LogP contribution is 2.27. The number of likely N-dealkylation sites (tertiary alicyclic amines) is 1. The van der Waals surface area contributed by atoms with Gasteiger partial charge in [0.05, 0.1) is 5.56 Å². The molecule has 1 saturated heterocycles. The second-order valence-corrected chi connectivity index (χ2v) is 4.58. The number of hydrogen-bond donors (Lipinski definition) is 1. The van der Waals surface area contributed by atoms with Crippen LogP contribution in [-0.2, 0) is 6.18 Å². The van der Waals surface area contributed by atoms with Gasteiger partial charge in [0.15, 0.2) is 0 Å². The van der Waals surface area contributed by atoms with Gasteiger partial charge in [0, 0.05) is 25.3 Å². The summed E-state index contributed by atoms with van der Waals surface area (Å²) in [5.74, 6) is -0.323. The van der Waals surface area contributed by atoms with Gasteiger partial charge in [-0.15, -0.1) is 0 Å². The molecule has 104 valence electrons. The third-order valence-electron chi connectivity index (χ3n) is 3.05. The van der Waals surface area contributed by atoms with Gasteiger partial charge in [-0.2, -0.15) is 13.2 Å². The Bertz CT molecular complexity index is 458. The molecule has 2 rings (SSSR count). The molecule has 1 aromatic heterocycles.